The van der Waals surface area contributed by atoms with Crippen LogP contribution < -0.4 is 17.2 Å². The molecule has 0 saturated heterocycles. The number of anilines is 3. The Morgan fingerprint density at radius 2 is 1.12 bits per heavy atom. The van der Waals surface area contributed by atoms with Gasteiger partial charge in [0, 0.05) is 0 Å². The Morgan fingerprint density at radius 3 is 1.38 bits per heavy atom. The topological polar surface area (TPSA) is 117 Å². The molecule has 1 aromatic heterocycles. The van der Waals surface area contributed by atoms with Gasteiger partial charge in [0.25, 0.3) is 0 Å². The molecular weight excluding hydrogens is 204 g/mol. The third-order valence-corrected chi connectivity index (χ3v) is 1.63. The van der Waals surface area contributed by atoms with Crippen LogP contribution in [-0.2, 0) is 0 Å². The fourth-order valence-electron chi connectivity index (χ4n) is 0.961. The number of rotatable bonds is 0. The smallest absolute Gasteiger partial charge is 0.226 e. The lowest BCUT2D eigenvalue weighted by Gasteiger charge is -1.93. The summed E-state index contributed by atoms with van der Waals surface area (Å²) in [4.78, 5) is 10.5. The van der Waals surface area contributed by atoms with Crippen molar-refractivity contribution in [3.8, 4) is 0 Å². The lowest BCUT2D eigenvalue weighted by Crippen LogP contribution is -2.05. The van der Waals surface area contributed by atoms with Crippen LogP contribution in [0.1, 0.15) is 5.56 Å². The molecule has 0 fully saturated rings. The van der Waals surface area contributed by atoms with E-state index in [0.717, 1.165) is 0 Å². The number of nitrogens with zero attached hydrogens (tertiary/aromatic N) is 3. The maximum absolute atomic E-state index is 5.14. The van der Waals surface area contributed by atoms with E-state index in [-0.39, 0.29) is 17.8 Å². The summed E-state index contributed by atoms with van der Waals surface area (Å²) in [7, 11) is 0. The van der Waals surface area contributed by atoms with Crippen molar-refractivity contribution in [1.29, 1.82) is 0 Å². The van der Waals surface area contributed by atoms with Crippen LogP contribution in [0.4, 0.5) is 17.8 Å². The van der Waals surface area contributed by atoms with E-state index in [0.29, 0.717) is 0 Å². The van der Waals surface area contributed by atoms with E-state index in [1.807, 2.05) is 18.2 Å². The summed E-state index contributed by atoms with van der Waals surface area (Å²) in [6.45, 7) is 2.08. The Labute approximate surface area is 93.5 Å². The highest BCUT2D eigenvalue weighted by atomic mass is 15.2. The minimum absolute atomic E-state index is 0.0417. The molecule has 0 radical (unpaired) electrons. The molecule has 16 heavy (non-hydrogen) atoms. The molecule has 6 nitrogen and oxygen atoms in total. The molecule has 0 amide bonds. The van der Waals surface area contributed by atoms with Crippen molar-refractivity contribution < 1.29 is 0 Å². The van der Waals surface area contributed by atoms with Gasteiger partial charge in [0.05, 0.1) is 0 Å². The third kappa shape index (κ3) is 4.23. The van der Waals surface area contributed by atoms with E-state index in [1.54, 1.807) is 0 Å². The van der Waals surface area contributed by atoms with Gasteiger partial charge in [-0.3, -0.25) is 0 Å². The Kier molecular flexibility index (Phi) is 4.02. The van der Waals surface area contributed by atoms with Crippen molar-refractivity contribution in [3.63, 3.8) is 0 Å². The SMILES string of the molecule is Cc1ccccc1.Nc1nc(N)nc(N)n1. The van der Waals surface area contributed by atoms with E-state index in [1.165, 1.54) is 5.56 Å². The van der Waals surface area contributed by atoms with Gasteiger partial charge in [-0.1, -0.05) is 35.9 Å². The Bertz CT molecular complexity index is 392. The number of hydrogen-bond donors (Lipinski definition) is 3. The van der Waals surface area contributed by atoms with Crippen LogP contribution in [0.2, 0.25) is 0 Å². The zero-order chi connectivity index (χ0) is 12.0. The summed E-state index contributed by atoms with van der Waals surface area (Å²) >= 11 is 0. The molecule has 2 rings (SSSR count). The molecule has 2 aromatic rings. The summed E-state index contributed by atoms with van der Waals surface area (Å²) in [5.74, 6) is 0.125. The van der Waals surface area contributed by atoms with E-state index in [2.05, 4.69) is 34.0 Å². The first-order chi connectivity index (χ1) is 7.58. The molecule has 0 aliphatic carbocycles. The molecule has 6 heteroatoms. The van der Waals surface area contributed by atoms with Gasteiger partial charge < -0.3 is 17.2 Å². The summed E-state index contributed by atoms with van der Waals surface area (Å²) in [5, 5.41) is 0. The Morgan fingerprint density at radius 1 is 0.750 bits per heavy atom. The van der Waals surface area contributed by atoms with Crippen molar-refractivity contribution in [2.45, 2.75) is 6.92 Å². The van der Waals surface area contributed by atoms with Gasteiger partial charge in [0.15, 0.2) is 0 Å². The first kappa shape index (κ1) is 11.7. The first-order valence-electron chi connectivity index (χ1n) is 4.62. The van der Waals surface area contributed by atoms with Crippen molar-refractivity contribution in [2.24, 2.45) is 0 Å². The molecule has 0 spiro atoms. The van der Waals surface area contributed by atoms with Gasteiger partial charge in [-0.05, 0) is 6.92 Å². The largest absolute Gasteiger partial charge is 0.368 e. The fourth-order valence-corrected chi connectivity index (χ4v) is 0.961. The van der Waals surface area contributed by atoms with Crippen LogP contribution in [0.15, 0.2) is 30.3 Å². The summed E-state index contributed by atoms with van der Waals surface area (Å²) in [5.41, 5.74) is 16.7. The minimum atomic E-state index is 0.0417. The average Bonchev–Trinajstić information content (AvgIpc) is 2.17. The fraction of sp³-hybridized carbons (Fsp3) is 0.100. The molecule has 0 bridgehead atoms. The molecule has 1 aromatic carbocycles. The minimum Gasteiger partial charge on any atom is -0.368 e. The number of benzene rings is 1. The van der Waals surface area contributed by atoms with Crippen LogP contribution in [0.25, 0.3) is 0 Å². The van der Waals surface area contributed by atoms with Crippen LogP contribution in [-0.4, -0.2) is 15.0 Å². The van der Waals surface area contributed by atoms with Crippen molar-refractivity contribution in [3.05, 3.63) is 35.9 Å². The van der Waals surface area contributed by atoms with Gasteiger partial charge in [0.2, 0.25) is 17.8 Å². The van der Waals surface area contributed by atoms with Gasteiger partial charge in [-0.25, -0.2) is 0 Å². The maximum atomic E-state index is 5.14. The first-order valence-corrected chi connectivity index (χ1v) is 4.62. The van der Waals surface area contributed by atoms with Crippen LogP contribution in [0, 0.1) is 6.92 Å². The highest BCUT2D eigenvalue weighted by Gasteiger charge is 1.93. The van der Waals surface area contributed by atoms with E-state index in [9.17, 15) is 0 Å². The normalized spacial score (nSPS) is 9.06. The van der Waals surface area contributed by atoms with Gasteiger partial charge in [-0.15, -0.1) is 0 Å². The van der Waals surface area contributed by atoms with Crippen LogP contribution in [0.3, 0.4) is 0 Å². The number of nitrogen functional groups attached to an aromatic ring is 3. The highest BCUT2D eigenvalue weighted by Crippen LogP contribution is 1.97. The molecule has 0 saturated carbocycles. The highest BCUT2D eigenvalue weighted by molar-refractivity contribution is 5.33. The summed E-state index contributed by atoms with van der Waals surface area (Å²) < 4.78 is 0. The Hall–Kier alpha value is -2.37. The second-order valence-corrected chi connectivity index (χ2v) is 3.06. The number of nitrogens with two attached hydrogens (primary N) is 3. The number of hydrogen-bond acceptors (Lipinski definition) is 6. The predicted octanol–water partition coefficient (Wildman–Crippen LogP) is 0.613. The Balaban J connectivity index is 0.000000165. The number of aryl methyl sites for hydroxylation is 1. The lowest BCUT2D eigenvalue weighted by molar-refractivity contribution is 1.09. The molecular formula is C10H14N6. The molecule has 0 unspecified atom stereocenters. The van der Waals surface area contributed by atoms with Crippen LogP contribution in [0.5, 0.6) is 0 Å². The zero-order valence-corrected chi connectivity index (χ0v) is 8.96. The second-order valence-electron chi connectivity index (χ2n) is 3.06. The maximum Gasteiger partial charge on any atom is 0.226 e. The summed E-state index contributed by atoms with van der Waals surface area (Å²) in [6, 6.07) is 10.3. The number of aromatic nitrogens is 3. The lowest BCUT2D eigenvalue weighted by atomic mass is 10.2. The molecule has 0 aliphatic heterocycles. The third-order valence-electron chi connectivity index (χ3n) is 1.63. The van der Waals surface area contributed by atoms with E-state index >= 15 is 0 Å². The van der Waals surface area contributed by atoms with Gasteiger partial charge in [-0.2, -0.15) is 15.0 Å². The van der Waals surface area contributed by atoms with Gasteiger partial charge >= 0.3 is 0 Å². The summed E-state index contributed by atoms with van der Waals surface area (Å²) in [6.07, 6.45) is 0. The standard InChI is InChI=1S/C7H8.C3H6N6/c1-7-5-3-2-4-6-7;4-1-7-2(5)9-3(6)8-1/h2-6H,1H3;(H6,4,5,6,7,8,9). The monoisotopic (exact) mass is 218 g/mol. The second kappa shape index (κ2) is 5.50. The van der Waals surface area contributed by atoms with Crippen molar-refractivity contribution >= 4 is 17.8 Å². The van der Waals surface area contributed by atoms with Gasteiger partial charge in [0.1, 0.15) is 0 Å². The quantitative estimate of drug-likeness (QED) is 0.596. The van der Waals surface area contributed by atoms with E-state index < -0.39 is 0 Å². The average molecular weight is 218 g/mol. The van der Waals surface area contributed by atoms with Crippen molar-refractivity contribution in [2.75, 3.05) is 17.2 Å². The molecule has 6 N–H and O–H groups in total. The van der Waals surface area contributed by atoms with Crippen molar-refractivity contribution in [1.82, 2.24) is 15.0 Å². The zero-order valence-electron chi connectivity index (χ0n) is 8.96. The molecule has 1 heterocycles. The molecule has 0 atom stereocenters. The predicted molar refractivity (Wildman–Crippen MR) is 64.2 cm³/mol. The van der Waals surface area contributed by atoms with Crippen LogP contribution >= 0.6 is 0 Å². The molecule has 84 valence electrons. The molecule has 0 aliphatic rings. The van der Waals surface area contributed by atoms with E-state index in [4.69, 9.17) is 17.2 Å².